The van der Waals surface area contributed by atoms with E-state index in [2.05, 4.69) is 0 Å². The average molecular weight is 257 g/mol. The maximum Gasteiger partial charge on any atom is 0.269 e. The molecule has 0 aliphatic heterocycles. The van der Waals surface area contributed by atoms with Gasteiger partial charge >= 0.3 is 0 Å². The number of non-ortho nitro benzene ring substituents is 1. The number of hydrogen-bond donors (Lipinski definition) is 2. The monoisotopic (exact) mass is 257 g/mol. The number of nitro groups is 1. The third kappa shape index (κ3) is 4.33. The average Bonchev–Trinajstić information content (AvgIpc) is 2.35. The largest absolute Gasteiger partial charge is 0.394 e. The van der Waals surface area contributed by atoms with Crippen LogP contribution in [0.4, 0.5) is 5.69 Å². The molecule has 0 aromatic heterocycles. The molecule has 5 nitrogen and oxygen atoms in total. The molecule has 0 aliphatic rings. The van der Waals surface area contributed by atoms with Crippen LogP contribution in [0.2, 0.25) is 0 Å². The molecule has 0 saturated carbocycles. The van der Waals surface area contributed by atoms with Crippen LogP contribution in [0.5, 0.6) is 0 Å². The first-order chi connectivity index (χ1) is 8.04. The van der Waals surface area contributed by atoms with Gasteiger partial charge in [-0.25, -0.2) is 0 Å². The summed E-state index contributed by atoms with van der Waals surface area (Å²) in [4.78, 5) is 10.2. The molecule has 0 heterocycles. The van der Waals surface area contributed by atoms with E-state index in [1.807, 2.05) is 13.0 Å². The van der Waals surface area contributed by atoms with E-state index in [1.165, 1.54) is 23.9 Å². The van der Waals surface area contributed by atoms with Crippen molar-refractivity contribution in [3.8, 4) is 0 Å². The lowest BCUT2D eigenvalue weighted by Crippen LogP contribution is -2.15. The number of hydrogen-bond acceptors (Lipinski definition) is 5. The maximum absolute atomic E-state index is 10.6. The Hall–Kier alpha value is -1.11. The normalized spacial score (nSPS) is 14.3. The minimum atomic E-state index is -0.749. The lowest BCUT2D eigenvalue weighted by atomic mass is 10.1. The van der Waals surface area contributed by atoms with Crippen LogP contribution in [-0.2, 0) is 0 Å². The van der Waals surface area contributed by atoms with E-state index in [1.54, 1.807) is 6.07 Å². The fraction of sp³-hybridized carbons (Fsp3) is 0.455. The zero-order valence-electron chi connectivity index (χ0n) is 9.44. The first-order valence-corrected chi connectivity index (χ1v) is 6.24. The summed E-state index contributed by atoms with van der Waals surface area (Å²) in [6, 6.07) is 6.44. The van der Waals surface area contributed by atoms with Crippen molar-refractivity contribution in [1.29, 1.82) is 0 Å². The van der Waals surface area contributed by atoms with Crippen molar-refractivity contribution in [3.63, 3.8) is 0 Å². The first kappa shape index (κ1) is 14.0. The summed E-state index contributed by atoms with van der Waals surface area (Å²) < 4.78 is 0. The van der Waals surface area contributed by atoms with Crippen LogP contribution in [0, 0.1) is 10.1 Å². The predicted octanol–water partition coefficient (Wildman–Crippen LogP) is 1.74. The molecule has 94 valence electrons. The van der Waals surface area contributed by atoms with Gasteiger partial charge in [-0.05, 0) is 12.5 Å². The van der Waals surface area contributed by atoms with Crippen molar-refractivity contribution in [3.05, 3.63) is 39.9 Å². The van der Waals surface area contributed by atoms with Gasteiger partial charge in [0.1, 0.15) is 0 Å². The van der Waals surface area contributed by atoms with Gasteiger partial charge in [0.05, 0.1) is 17.6 Å². The van der Waals surface area contributed by atoms with Crippen molar-refractivity contribution >= 4 is 17.4 Å². The summed E-state index contributed by atoms with van der Waals surface area (Å²) >= 11 is 1.45. The zero-order valence-corrected chi connectivity index (χ0v) is 10.3. The highest BCUT2D eigenvalue weighted by Gasteiger charge is 2.12. The van der Waals surface area contributed by atoms with E-state index in [0.717, 1.165) is 5.56 Å². The van der Waals surface area contributed by atoms with Crippen LogP contribution in [0.1, 0.15) is 17.7 Å². The minimum Gasteiger partial charge on any atom is -0.394 e. The third-order valence-electron chi connectivity index (χ3n) is 2.30. The number of thioether (sulfide) groups is 1. The van der Waals surface area contributed by atoms with Gasteiger partial charge in [-0.15, -0.1) is 0 Å². The van der Waals surface area contributed by atoms with Crippen LogP contribution >= 0.6 is 11.8 Å². The van der Waals surface area contributed by atoms with Gasteiger partial charge in [0, 0.05) is 23.1 Å². The Bertz CT molecular complexity index is 385. The fourth-order valence-corrected chi connectivity index (χ4v) is 2.25. The molecular formula is C11H15NO4S. The molecule has 1 aromatic carbocycles. The molecule has 17 heavy (non-hydrogen) atoms. The lowest BCUT2D eigenvalue weighted by Gasteiger charge is -2.13. The van der Waals surface area contributed by atoms with E-state index < -0.39 is 11.0 Å². The van der Waals surface area contributed by atoms with Crippen molar-refractivity contribution in [2.75, 3.05) is 12.4 Å². The molecule has 0 spiro atoms. The minimum absolute atomic E-state index is 0.0381. The van der Waals surface area contributed by atoms with E-state index in [4.69, 9.17) is 5.11 Å². The molecule has 0 saturated heterocycles. The second-order valence-electron chi connectivity index (χ2n) is 3.66. The molecule has 0 radical (unpaired) electrons. The van der Waals surface area contributed by atoms with E-state index in [0.29, 0.717) is 5.75 Å². The predicted molar refractivity (Wildman–Crippen MR) is 67.1 cm³/mol. The SMILES string of the molecule is C[C@@H](SC[C@@H](O)CO)c1cccc([N+](=O)[O-])c1. The van der Waals surface area contributed by atoms with E-state index in [9.17, 15) is 15.2 Å². The third-order valence-corrected chi connectivity index (χ3v) is 3.65. The Morgan fingerprint density at radius 2 is 2.24 bits per heavy atom. The van der Waals surface area contributed by atoms with Crippen molar-refractivity contribution in [2.24, 2.45) is 0 Å². The molecule has 0 amide bonds. The Balaban J connectivity index is 2.65. The van der Waals surface area contributed by atoms with E-state index >= 15 is 0 Å². The summed E-state index contributed by atoms with van der Waals surface area (Å²) in [5.41, 5.74) is 0.909. The van der Waals surface area contributed by atoms with Crippen molar-refractivity contribution < 1.29 is 15.1 Å². The maximum atomic E-state index is 10.6. The van der Waals surface area contributed by atoms with Gasteiger partial charge in [0.15, 0.2) is 0 Å². The van der Waals surface area contributed by atoms with Crippen molar-refractivity contribution in [1.82, 2.24) is 0 Å². The van der Waals surface area contributed by atoms with Gasteiger partial charge in [-0.3, -0.25) is 10.1 Å². The van der Waals surface area contributed by atoms with Crippen molar-refractivity contribution in [2.45, 2.75) is 18.3 Å². The summed E-state index contributed by atoms with van der Waals surface area (Å²) in [7, 11) is 0. The molecule has 1 aromatic rings. The van der Waals surface area contributed by atoms with Crippen LogP contribution in [0.15, 0.2) is 24.3 Å². The Morgan fingerprint density at radius 3 is 2.82 bits per heavy atom. The van der Waals surface area contributed by atoms with Gasteiger partial charge in [0.2, 0.25) is 0 Å². The summed E-state index contributed by atoms with van der Waals surface area (Å²) in [5, 5.41) is 28.6. The van der Waals surface area contributed by atoms with Gasteiger partial charge in [0.25, 0.3) is 5.69 Å². The van der Waals surface area contributed by atoms with Gasteiger partial charge in [-0.2, -0.15) is 11.8 Å². The molecule has 2 N–H and O–H groups in total. The summed E-state index contributed by atoms with van der Waals surface area (Å²) in [5.74, 6) is 0.403. The van der Waals surface area contributed by atoms with Crippen LogP contribution in [0.25, 0.3) is 0 Å². The Kier molecular flexibility index (Phi) is 5.40. The molecule has 2 atom stereocenters. The Labute approximate surface area is 104 Å². The number of nitro benzene ring substituents is 1. The highest BCUT2D eigenvalue weighted by Crippen LogP contribution is 2.30. The molecule has 0 fully saturated rings. The molecule has 0 bridgehead atoms. The number of aliphatic hydroxyl groups is 2. The lowest BCUT2D eigenvalue weighted by molar-refractivity contribution is -0.384. The van der Waals surface area contributed by atoms with Crippen LogP contribution in [0.3, 0.4) is 0 Å². The van der Waals surface area contributed by atoms with E-state index in [-0.39, 0.29) is 17.5 Å². The molecule has 0 unspecified atom stereocenters. The highest BCUT2D eigenvalue weighted by molar-refractivity contribution is 7.99. The van der Waals surface area contributed by atoms with Gasteiger partial charge < -0.3 is 10.2 Å². The van der Waals surface area contributed by atoms with Crippen LogP contribution < -0.4 is 0 Å². The first-order valence-electron chi connectivity index (χ1n) is 5.19. The highest BCUT2D eigenvalue weighted by atomic mass is 32.2. The number of nitrogens with zero attached hydrogens (tertiary/aromatic N) is 1. The smallest absolute Gasteiger partial charge is 0.269 e. The Morgan fingerprint density at radius 1 is 1.53 bits per heavy atom. The number of aliphatic hydroxyl groups excluding tert-OH is 2. The van der Waals surface area contributed by atoms with Gasteiger partial charge in [-0.1, -0.05) is 12.1 Å². The quantitative estimate of drug-likeness (QED) is 0.599. The second kappa shape index (κ2) is 6.58. The topological polar surface area (TPSA) is 83.6 Å². The fourth-order valence-electron chi connectivity index (χ4n) is 1.30. The van der Waals surface area contributed by atoms with Crippen LogP contribution in [-0.4, -0.2) is 33.6 Å². The number of rotatable bonds is 6. The summed E-state index contributed by atoms with van der Waals surface area (Å²) in [6.45, 7) is 1.64. The summed E-state index contributed by atoms with van der Waals surface area (Å²) in [6.07, 6.45) is -0.749. The molecular weight excluding hydrogens is 242 g/mol. The standard InChI is InChI=1S/C11H15NO4S/c1-8(17-7-11(14)6-13)9-3-2-4-10(5-9)12(15)16/h2-5,8,11,13-14H,6-7H2,1H3/t8-,11+/m1/s1. The number of benzene rings is 1. The molecule has 6 heteroatoms. The molecule has 1 rings (SSSR count). The second-order valence-corrected chi connectivity index (χ2v) is 5.04. The zero-order chi connectivity index (χ0) is 12.8. The molecule has 0 aliphatic carbocycles.